The Labute approximate surface area is 112 Å². The Morgan fingerprint density at radius 3 is 2.80 bits per heavy atom. The molecular formula is C12H12N6O2. The molecule has 0 unspecified atom stereocenters. The van der Waals surface area contributed by atoms with Crippen molar-refractivity contribution in [1.29, 1.82) is 0 Å². The molecule has 0 atom stereocenters. The normalized spacial score (nSPS) is 11.1. The lowest BCUT2D eigenvalue weighted by atomic mass is 10.4. The topological polar surface area (TPSA) is 109 Å². The van der Waals surface area contributed by atoms with Gasteiger partial charge in [0.1, 0.15) is 11.2 Å². The number of aryl methyl sites for hydroxylation is 1. The quantitative estimate of drug-likeness (QED) is 0.711. The zero-order chi connectivity index (χ0) is 14.1. The molecule has 0 amide bonds. The van der Waals surface area contributed by atoms with Crippen molar-refractivity contribution in [3.8, 4) is 11.5 Å². The van der Waals surface area contributed by atoms with Gasteiger partial charge in [0.25, 0.3) is 5.56 Å². The largest absolute Gasteiger partial charge is 0.331 e. The second kappa shape index (κ2) is 4.72. The summed E-state index contributed by atoms with van der Waals surface area (Å²) in [7, 11) is 0. The van der Waals surface area contributed by atoms with Crippen LogP contribution in [0.15, 0.2) is 28.2 Å². The Bertz CT molecular complexity index is 861. The minimum absolute atomic E-state index is 0.263. The molecule has 8 nitrogen and oxygen atoms in total. The number of hydrogen-bond donors (Lipinski definition) is 2. The molecule has 0 aliphatic heterocycles. The van der Waals surface area contributed by atoms with Crippen molar-refractivity contribution in [2.24, 2.45) is 0 Å². The van der Waals surface area contributed by atoms with Crippen LogP contribution in [0.3, 0.4) is 0 Å². The van der Waals surface area contributed by atoms with Crippen LogP contribution in [0.4, 0.5) is 0 Å². The first-order valence-corrected chi connectivity index (χ1v) is 6.20. The van der Waals surface area contributed by atoms with E-state index in [1.54, 1.807) is 6.20 Å². The van der Waals surface area contributed by atoms with Crippen LogP contribution in [0, 0.1) is 0 Å². The molecule has 0 spiro atoms. The maximum absolute atomic E-state index is 11.8. The molecule has 0 saturated carbocycles. The zero-order valence-corrected chi connectivity index (χ0v) is 10.8. The number of aromatic nitrogens is 6. The highest BCUT2D eigenvalue weighted by molar-refractivity contribution is 5.74. The molecular weight excluding hydrogens is 260 g/mol. The van der Waals surface area contributed by atoms with Crippen molar-refractivity contribution >= 4 is 11.2 Å². The summed E-state index contributed by atoms with van der Waals surface area (Å²) in [6.07, 6.45) is 5.38. The molecule has 3 heterocycles. The fourth-order valence-corrected chi connectivity index (χ4v) is 2.01. The van der Waals surface area contributed by atoms with Crippen LogP contribution in [0.25, 0.3) is 22.7 Å². The highest BCUT2D eigenvalue weighted by atomic mass is 16.2. The molecule has 3 aromatic rings. The molecule has 0 radical (unpaired) electrons. The molecule has 0 saturated heterocycles. The summed E-state index contributed by atoms with van der Waals surface area (Å²) in [5, 5.41) is 0. The average molecular weight is 272 g/mol. The molecule has 20 heavy (non-hydrogen) atoms. The number of imidazole rings is 1. The van der Waals surface area contributed by atoms with E-state index < -0.39 is 11.2 Å². The molecule has 3 aromatic heterocycles. The van der Waals surface area contributed by atoms with Crippen molar-refractivity contribution in [2.45, 2.75) is 19.9 Å². The van der Waals surface area contributed by atoms with E-state index in [4.69, 9.17) is 0 Å². The number of rotatable bonds is 3. The number of aromatic amines is 2. The van der Waals surface area contributed by atoms with E-state index >= 15 is 0 Å². The van der Waals surface area contributed by atoms with Gasteiger partial charge in [0, 0.05) is 18.9 Å². The van der Waals surface area contributed by atoms with Gasteiger partial charge in [-0.3, -0.25) is 19.3 Å². The van der Waals surface area contributed by atoms with Crippen LogP contribution in [-0.2, 0) is 6.54 Å². The lowest BCUT2D eigenvalue weighted by Crippen LogP contribution is -2.30. The lowest BCUT2D eigenvalue weighted by Gasteiger charge is -2.02. The number of fused-ring (bicyclic) bond motifs is 1. The third-order valence-electron chi connectivity index (χ3n) is 2.89. The SMILES string of the molecule is CCCn1c(=O)[nH]c(=O)c2[nH]c(-c3cnccn3)nc21. The fourth-order valence-electron chi connectivity index (χ4n) is 2.01. The standard InChI is InChI=1S/C12H12N6O2/c1-2-5-18-10-8(11(19)17-12(18)20)15-9(16-10)7-6-13-3-4-14-7/h3-4,6H,2,5H2,1H3,(H,15,16)(H,17,19,20). The molecule has 0 bridgehead atoms. The molecule has 0 fully saturated rings. The smallest absolute Gasteiger partial charge is 0.330 e. The van der Waals surface area contributed by atoms with Crippen molar-refractivity contribution in [1.82, 2.24) is 29.5 Å². The molecule has 0 aliphatic carbocycles. The highest BCUT2D eigenvalue weighted by Gasteiger charge is 2.14. The second-order valence-corrected chi connectivity index (χ2v) is 4.29. The predicted molar refractivity (Wildman–Crippen MR) is 72.3 cm³/mol. The van der Waals surface area contributed by atoms with E-state index in [-0.39, 0.29) is 5.52 Å². The minimum atomic E-state index is -0.486. The fraction of sp³-hybridized carbons (Fsp3) is 0.250. The Balaban J connectivity index is 2.30. The molecule has 2 N–H and O–H groups in total. The number of nitrogens with one attached hydrogen (secondary N) is 2. The van der Waals surface area contributed by atoms with Gasteiger partial charge in [-0.2, -0.15) is 0 Å². The van der Waals surface area contributed by atoms with E-state index in [0.29, 0.717) is 23.7 Å². The maximum atomic E-state index is 11.8. The second-order valence-electron chi connectivity index (χ2n) is 4.29. The van der Waals surface area contributed by atoms with Gasteiger partial charge in [-0.25, -0.2) is 14.8 Å². The number of hydrogen-bond acceptors (Lipinski definition) is 5. The first-order chi connectivity index (χ1) is 9.70. The van der Waals surface area contributed by atoms with Crippen LogP contribution in [0.5, 0.6) is 0 Å². The van der Waals surface area contributed by atoms with Gasteiger partial charge in [-0.1, -0.05) is 6.92 Å². The van der Waals surface area contributed by atoms with Crippen LogP contribution < -0.4 is 11.2 Å². The van der Waals surface area contributed by atoms with E-state index in [1.165, 1.54) is 17.0 Å². The Kier molecular flexibility index (Phi) is 2.90. The van der Waals surface area contributed by atoms with Crippen molar-refractivity contribution in [3.63, 3.8) is 0 Å². The average Bonchev–Trinajstić information content (AvgIpc) is 2.90. The van der Waals surface area contributed by atoms with Crippen LogP contribution in [0.2, 0.25) is 0 Å². The van der Waals surface area contributed by atoms with Crippen molar-refractivity contribution in [2.75, 3.05) is 0 Å². The molecule has 0 aromatic carbocycles. The van der Waals surface area contributed by atoms with Crippen molar-refractivity contribution in [3.05, 3.63) is 39.4 Å². The molecule has 3 rings (SSSR count). The Morgan fingerprint density at radius 1 is 1.25 bits per heavy atom. The summed E-state index contributed by atoms with van der Waals surface area (Å²) in [6.45, 7) is 2.43. The molecule has 102 valence electrons. The van der Waals surface area contributed by atoms with Crippen LogP contribution in [-0.4, -0.2) is 29.5 Å². The summed E-state index contributed by atoms with van der Waals surface area (Å²) < 4.78 is 1.44. The van der Waals surface area contributed by atoms with Gasteiger partial charge in [0.2, 0.25) is 0 Å². The van der Waals surface area contributed by atoms with E-state index in [1.807, 2.05) is 6.92 Å². The number of nitrogens with zero attached hydrogens (tertiary/aromatic N) is 4. The highest BCUT2D eigenvalue weighted by Crippen LogP contribution is 2.14. The third-order valence-corrected chi connectivity index (χ3v) is 2.89. The van der Waals surface area contributed by atoms with Crippen LogP contribution >= 0.6 is 0 Å². The van der Waals surface area contributed by atoms with Gasteiger partial charge in [-0.15, -0.1) is 0 Å². The zero-order valence-electron chi connectivity index (χ0n) is 10.8. The van der Waals surface area contributed by atoms with Gasteiger partial charge in [0.15, 0.2) is 11.5 Å². The lowest BCUT2D eigenvalue weighted by molar-refractivity contribution is 0.653. The van der Waals surface area contributed by atoms with Gasteiger partial charge < -0.3 is 4.98 Å². The molecule has 0 aliphatic rings. The first-order valence-electron chi connectivity index (χ1n) is 6.20. The first kappa shape index (κ1) is 12.3. The summed E-state index contributed by atoms with van der Waals surface area (Å²) in [6, 6.07) is 0. The summed E-state index contributed by atoms with van der Waals surface area (Å²) in [4.78, 5) is 41.2. The van der Waals surface area contributed by atoms with Gasteiger partial charge in [-0.05, 0) is 6.42 Å². The summed E-state index contributed by atoms with van der Waals surface area (Å²) >= 11 is 0. The van der Waals surface area contributed by atoms with Crippen molar-refractivity contribution < 1.29 is 0 Å². The predicted octanol–water partition coefficient (Wildman–Crippen LogP) is 0.280. The van der Waals surface area contributed by atoms with Gasteiger partial charge >= 0.3 is 5.69 Å². The maximum Gasteiger partial charge on any atom is 0.330 e. The Hall–Kier alpha value is -2.77. The Morgan fingerprint density at radius 2 is 2.10 bits per heavy atom. The molecule has 8 heteroatoms. The van der Waals surface area contributed by atoms with E-state index in [9.17, 15) is 9.59 Å². The van der Waals surface area contributed by atoms with Crippen LogP contribution in [0.1, 0.15) is 13.3 Å². The third kappa shape index (κ3) is 1.91. The summed E-state index contributed by atoms with van der Waals surface area (Å²) in [5.41, 5.74) is 0.167. The number of H-pyrrole nitrogens is 2. The monoisotopic (exact) mass is 272 g/mol. The van der Waals surface area contributed by atoms with E-state index in [2.05, 4.69) is 24.9 Å². The summed E-state index contributed by atoms with van der Waals surface area (Å²) in [5.74, 6) is 0.411. The van der Waals surface area contributed by atoms with Gasteiger partial charge in [0.05, 0.1) is 6.20 Å². The van der Waals surface area contributed by atoms with E-state index in [0.717, 1.165) is 6.42 Å². The minimum Gasteiger partial charge on any atom is -0.331 e.